The van der Waals surface area contributed by atoms with Crippen LogP contribution in [0.1, 0.15) is 32.2 Å². The lowest BCUT2D eigenvalue weighted by atomic mass is 9.85. The summed E-state index contributed by atoms with van der Waals surface area (Å²) in [6.45, 7) is 14.2. The van der Waals surface area contributed by atoms with Crippen molar-refractivity contribution in [3.05, 3.63) is 23.5 Å². The average molecular weight is 247 g/mol. The molecule has 18 heavy (non-hydrogen) atoms. The summed E-state index contributed by atoms with van der Waals surface area (Å²) < 4.78 is 0. The molecule has 3 nitrogen and oxygen atoms in total. The summed E-state index contributed by atoms with van der Waals surface area (Å²) in [5.41, 5.74) is 3.82. The van der Waals surface area contributed by atoms with Gasteiger partial charge in [0.2, 0.25) is 0 Å². The van der Waals surface area contributed by atoms with Crippen LogP contribution in [0.2, 0.25) is 0 Å². The lowest BCUT2D eigenvalue weighted by Crippen LogP contribution is -2.56. The molecule has 1 N–H and O–H groups in total. The standard InChI is InChI=1S/C15H25N3/c1-11-6-7-13(12(2)17-11)18-9-8-16-14(10-18)15(3,4)5/h6-7,14,16H,8-10H2,1-5H3. The first-order valence-corrected chi connectivity index (χ1v) is 6.80. The molecule has 2 rings (SSSR count). The maximum Gasteiger partial charge on any atom is 0.0608 e. The highest BCUT2D eigenvalue weighted by molar-refractivity contribution is 5.51. The van der Waals surface area contributed by atoms with Gasteiger partial charge in [0.25, 0.3) is 0 Å². The van der Waals surface area contributed by atoms with E-state index in [-0.39, 0.29) is 0 Å². The normalized spacial score (nSPS) is 21.2. The van der Waals surface area contributed by atoms with Gasteiger partial charge in [0.05, 0.1) is 11.4 Å². The van der Waals surface area contributed by atoms with Crippen LogP contribution in [-0.4, -0.2) is 30.7 Å². The fraction of sp³-hybridized carbons (Fsp3) is 0.667. The van der Waals surface area contributed by atoms with Gasteiger partial charge in [-0.3, -0.25) is 4.98 Å². The number of piperazine rings is 1. The van der Waals surface area contributed by atoms with Crippen LogP contribution < -0.4 is 10.2 Å². The molecule has 1 fully saturated rings. The molecule has 1 saturated heterocycles. The summed E-state index contributed by atoms with van der Waals surface area (Å²) in [5.74, 6) is 0. The summed E-state index contributed by atoms with van der Waals surface area (Å²) in [5, 5.41) is 3.63. The Morgan fingerprint density at radius 1 is 1.28 bits per heavy atom. The molecule has 100 valence electrons. The largest absolute Gasteiger partial charge is 0.367 e. The van der Waals surface area contributed by atoms with E-state index in [1.54, 1.807) is 0 Å². The molecular weight excluding hydrogens is 222 g/mol. The number of aryl methyl sites for hydroxylation is 2. The molecule has 1 atom stereocenters. The quantitative estimate of drug-likeness (QED) is 0.826. The van der Waals surface area contributed by atoms with Crippen LogP contribution in [0.4, 0.5) is 5.69 Å². The molecule has 0 bridgehead atoms. The van der Waals surface area contributed by atoms with Crippen molar-refractivity contribution in [3.8, 4) is 0 Å². The van der Waals surface area contributed by atoms with E-state index >= 15 is 0 Å². The van der Waals surface area contributed by atoms with E-state index in [2.05, 4.69) is 55.0 Å². The fourth-order valence-corrected chi connectivity index (χ4v) is 2.56. The third-order valence-electron chi connectivity index (χ3n) is 3.76. The number of anilines is 1. The first-order valence-electron chi connectivity index (χ1n) is 6.80. The van der Waals surface area contributed by atoms with Crippen LogP contribution in [-0.2, 0) is 0 Å². The molecule has 1 unspecified atom stereocenters. The maximum absolute atomic E-state index is 4.57. The van der Waals surface area contributed by atoms with Gasteiger partial charge in [-0.05, 0) is 31.4 Å². The number of hydrogen-bond acceptors (Lipinski definition) is 3. The van der Waals surface area contributed by atoms with Crippen LogP contribution >= 0.6 is 0 Å². The number of nitrogens with zero attached hydrogens (tertiary/aromatic N) is 2. The molecule has 1 aromatic rings. The molecule has 1 aliphatic heterocycles. The molecule has 0 spiro atoms. The summed E-state index contributed by atoms with van der Waals surface area (Å²) in [6, 6.07) is 4.85. The zero-order chi connectivity index (χ0) is 13.3. The Morgan fingerprint density at radius 3 is 2.61 bits per heavy atom. The monoisotopic (exact) mass is 247 g/mol. The highest BCUT2D eigenvalue weighted by atomic mass is 15.2. The first-order chi connectivity index (χ1) is 8.38. The van der Waals surface area contributed by atoms with Gasteiger partial charge in [-0.15, -0.1) is 0 Å². The molecular formula is C15H25N3. The van der Waals surface area contributed by atoms with Crippen LogP contribution in [0.3, 0.4) is 0 Å². The highest BCUT2D eigenvalue weighted by Gasteiger charge is 2.29. The minimum absolute atomic E-state index is 0.296. The molecule has 3 heteroatoms. The highest BCUT2D eigenvalue weighted by Crippen LogP contribution is 2.26. The van der Waals surface area contributed by atoms with E-state index < -0.39 is 0 Å². The fourth-order valence-electron chi connectivity index (χ4n) is 2.56. The van der Waals surface area contributed by atoms with Gasteiger partial charge in [-0.1, -0.05) is 20.8 Å². The van der Waals surface area contributed by atoms with Crippen molar-refractivity contribution in [3.63, 3.8) is 0 Å². The van der Waals surface area contributed by atoms with E-state index in [9.17, 15) is 0 Å². The number of aromatic nitrogens is 1. The molecule has 0 aromatic carbocycles. The number of pyridine rings is 1. The Labute approximate surface area is 111 Å². The van der Waals surface area contributed by atoms with Crippen LogP contribution in [0.5, 0.6) is 0 Å². The van der Waals surface area contributed by atoms with Crippen LogP contribution in [0.25, 0.3) is 0 Å². The van der Waals surface area contributed by atoms with Gasteiger partial charge in [0.1, 0.15) is 0 Å². The Balaban J connectivity index is 2.18. The molecule has 0 amide bonds. The van der Waals surface area contributed by atoms with Gasteiger partial charge in [-0.2, -0.15) is 0 Å². The van der Waals surface area contributed by atoms with Gasteiger partial charge < -0.3 is 10.2 Å². The zero-order valence-electron chi connectivity index (χ0n) is 12.2. The molecule has 1 aliphatic rings. The summed E-state index contributed by atoms with van der Waals surface area (Å²) in [6.07, 6.45) is 0. The van der Waals surface area contributed by atoms with Crippen molar-refractivity contribution in [2.75, 3.05) is 24.5 Å². The van der Waals surface area contributed by atoms with Crippen molar-refractivity contribution in [1.82, 2.24) is 10.3 Å². The molecule has 0 aliphatic carbocycles. The van der Waals surface area contributed by atoms with Gasteiger partial charge in [0.15, 0.2) is 0 Å². The minimum atomic E-state index is 0.296. The second kappa shape index (κ2) is 4.88. The molecule has 1 aromatic heterocycles. The van der Waals surface area contributed by atoms with E-state index in [1.807, 2.05) is 6.92 Å². The second-order valence-corrected chi connectivity index (χ2v) is 6.38. The van der Waals surface area contributed by atoms with E-state index in [4.69, 9.17) is 0 Å². The zero-order valence-corrected chi connectivity index (χ0v) is 12.2. The summed E-state index contributed by atoms with van der Waals surface area (Å²) >= 11 is 0. The van der Waals surface area contributed by atoms with Crippen molar-refractivity contribution in [2.24, 2.45) is 5.41 Å². The second-order valence-electron chi connectivity index (χ2n) is 6.38. The van der Waals surface area contributed by atoms with Crippen molar-refractivity contribution in [2.45, 2.75) is 40.7 Å². The lowest BCUT2D eigenvalue weighted by molar-refractivity contribution is 0.254. The SMILES string of the molecule is Cc1ccc(N2CCNC(C(C)(C)C)C2)c(C)n1. The van der Waals surface area contributed by atoms with E-state index in [1.165, 1.54) is 5.69 Å². The average Bonchev–Trinajstić information content (AvgIpc) is 2.28. The van der Waals surface area contributed by atoms with Gasteiger partial charge in [0, 0.05) is 31.4 Å². The van der Waals surface area contributed by atoms with Gasteiger partial charge in [-0.25, -0.2) is 0 Å². The predicted molar refractivity (Wildman–Crippen MR) is 77.2 cm³/mol. The number of rotatable bonds is 1. The van der Waals surface area contributed by atoms with Crippen molar-refractivity contribution in [1.29, 1.82) is 0 Å². The first kappa shape index (κ1) is 13.3. The molecule has 2 heterocycles. The summed E-state index contributed by atoms with van der Waals surface area (Å²) in [4.78, 5) is 7.04. The smallest absolute Gasteiger partial charge is 0.0608 e. The Morgan fingerprint density at radius 2 is 2.00 bits per heavy atom. The van der Waals surface area contributed by atoms with Gasteiger partial charge >= 0.3 is 0 Å². The summed E-state index contributed by atoms with van der Waals surface area (Å²) in [7, 11) is 0. The topological polar surface area (TPSA) is 28.2 Å². The lowest BCUT2D eigenvalue weighted by Gasteiger charge is -2.41. The van der Waals surface area contributed by atoms with Crippen molar-refractivity contribution >= 4 is 5.69 Å². The van der Waals surface area contributed by atoms with Crippen LogP contribution in [0, 0.1) is 19.3 Å². The number of hydrogen-bond donors (Lipinski definition) is 1. The van der Waals surface area contributed by atoms with Crippen LogP contribution in [0.15, 0.2) is 12.1 Å². The van der Waals surface area contributed by atoms with E-state index in [0.717, 1.165) is 31.0 Å². The minimum Gasteiger partial charge on any atom is -0.367 e. The molecule has 0 radical (unpaired) electrons. The third kappa shape index (κ3) is 2.83. The molecule has 0 saturated carbocycles. The Hall–Kier alpha value is -1.09. The van der Waals surface area contributed by atoms with E-state index in [0.29, 0.717) is 11.5 Å². The maximum atomic E-state index is 4.57. The predicted octanol–water partition coefficient (Wildman–Crippen LogP) is 2.52. The Bertz CT molecular complexity index is 420. The third-order valence-corrected chi connectivity index (χ3v) is 3.76. The number of nitrogens with one attached hydrogen (secondary N) is 1. The van der Waals surface area contributed by atoms with Crippen molar-refractivity contribution < 1.29 is 0 Å². The Kier molecular flexibility index (Phi) is 3.62.